The van der Waals surface area contributed by atoms with Crippen LogP contribution >= 0.6 is 0 Å². The van der Waals surface area contributed by atoms with Crippen LogP contribution in [0.1, 0.15) is 23.7 Å². The number of ether oxygens (including phenoxy) is 1. The van der Waals surface area contributed by atoms with E-state index in [1.165, 1.54) is 12.1 Å². The van der Waals surface area contributed by atoms with Gasteiger partial charge in [0.05, 0.1) is 17.7 Å². The Kier molecular flexibility index (Phi) is 5.07. The fourth-order valence-electron chi connectivity index (χ4n) is 1.79. The molecule has 0 aliphatic rings. The second kappa shape index (κ2) is 6.12. The number of rotatable bonds is 4. The highest BCUT2D eigenvalue weighted by atomic mass is 19.4. The van der Waals surface area contributed by atoms with Crippen molar-refractivity contribution in [2.45, 2.75) is 30.5 Å². The lowest BCUT2D eigenvalue weighted by atomic mass is 9.92. The van der Waals surface area contributed by atoms with E-state index in [9.17, 15) is 30.7 Å². The van der Waals surface area contributed by atoms with E-state index in [2.05, 4.69) is 4.74 Å². The molecule has 1 aromatic carbocycles. The van der Waals surface area contributed by atoms with Gasteiger partial charge in [0.1, 0.15) is 0 Å². The fraction of sp³-hybridized carbons (Fsp3) is 0.462. The van der Waals surface area contributed by atoms with Gasteiger partial charge in [-0.25, -0.2) is 4.39 Å². The zero-order valence-corrected chi connectivity index (χ0v) is 11.1. The summed E-state index contributed by atoms with van der Waals surface area (Å²) in [5, 5.41) is 8.68. The third kappa shape index (κ3) is 3.50. The van der Waals surface area contributed by atoms with Crippen molar-refractivity contribution >= 4 is 0 Å². The standard InChI is InChI=1S/C13H10F7NO/c1-22-10(9-4-2-3-8(5-9)7-21)6-11(14,12(15,16)17)13(18,19)20/h2-5,10H,6H2,1H3. The maximum Gasteiger partial charge on any atom is 0.431 e. The Morgan fingerprint density at radius 3 is 2.05 bits per heavy atom. The first-order valence-electron chi connectivity index (χ1n) is 5.81. The van der Waals surface area contributed by atoms with Crippen molar-refractivity contribution in [1.82, 2.24) is 0 Å². The lowest BCUT2D eigenvalue weighted by Crippen LogP contribution is -2.54. The van der Waals surface area contributed by atoms with Crippen LogP contribution < -0.4 is 0 Å². The average molecular weight is 329 g/mol. The van der Waals surface area contributed by atoms with Crippen LogP contribution in [0.15, 0.2) is 24.3 Å². The summed E-state index contributed by atoms with van der Waals surface area (Å²) in [6, 6.07) is 6.42. The predicted octanol–water partition coefficient (Wildman–Crippen LogP) is 4.47. The van der Waals surface area contributed by atoms with Crippen LogP contribution in [0.2, 0.25) is 0 Å². The maximum atomic E-state index is 13.7. The Hall–Kier alpha value is -1.82. The van der Waals surface area contributed by atoms with Crippen LogP contribution in [-0.2, 0) is 4.74 Å². The lowest BCUT2D eigenvalue weighted by molar-refractivity contribution is -0.348. The second-order valence-electron chi connectivity index (χ2n) is 4.46. The van der Waals surface area contributed by atoms with Gasteiger partial charge in [0, 0.05) is 13.5 Å². The van der Waals surface area contributed by atoms with Crippen LogP contribution in [0.25, 0.3) is 0 Å². The first-order valence-corrected chi connectivity index (χ1v) is 5.81. The topological polar surface area (TPSA) is 33.0 Å². The van der Waals surface area contributed by atoms with Crippen LogP contribution in [0.5, 0.6) is 0 Å². The molecule has 0 spiro atoms. The molecule has 1 unspecified atom stereocenters. The van der Waals surface area contributed by atoms with Crippen LogP contribution in [-0.4, -0.2) is 25.1 Å². The molecule has 0 bridgehead atoms. The molecule has 1 rings (SSSR count). The SMILES string of the molecule is COC(CC(F)(C(F)(F)F)C(F)(F)F)c1cccc(C#N)c1. The molecular weight excluding hydrogens is 319 g/mol. The van der Waals surface area contributed by atoms with Crippen molar-refractivity contribution in [3.05, 3.63) is 35.4 Å². The summed E-state index contributed by atoms with van der Waals surface area (Å²) in [6.07, 6.45) is -16.1. The number of nitrogens with zero attached hydrogens (tertiary/aromatic N) is 1. The van der Waals surface area contributed by atoms with Crippen LogP contribution in [0.3, 0.4) is 0 Å². The summed E-state index contributed by atoms with van der Waals surface area (Å²) in [7, 11) is 0.858. The molecule has 0 aromatic heterocycles. The lowest BCUT2D eigenvalue weighted by Gasteiger charge is -2.32. The van der Waals surface area contributed by atoms with Crippen molar-refractivity contribution in [3.8, 4) is 6.07 Å². The minimum atomic E-state index is -6.14. The van der Waals surface area contributed by atoms with Gasteiger partial charge >= 0.3 is 18.0 Å². The van der Waals surface area contributed by atoms with Crippen LogP contribution in [0, 0.1) is 11.3 Å². The van der Waals surface area contributed by atoms with E-state index in [0.29, 0.717) is 0 Å². The number of alkyl halides is 7. The molecule has 9 heteroatoms. The average Bonchev–Trinajstić information content (AvgIpc) is 2.42. The minimum absolute atomic E-state index is 0.00280. The molecule has 0 N–H and O–H groups in total. The molecule has 122 valence electrons. The van der Waals surface area contributed by atoms with Gasteiger partial charge in [-0.3, -0.25) is 0 Å². The molecule has 0 saturated carbocycles. The molecule has 0 aliphatic heterocycles. The molecule has 22 heavy (non-hydrogen) atoms. The third-order valence-corrected chi connectivity index (χ3v) is 3.04. The number of hydrogen-bond donors (Lipinski definition) is 0. The van der Waals surface area contributed by atoms with E-state index >= 15 is 0 Å². The molecule has 0 radical (unpaired) electrons. The van der Waals surface area contributed by atoms with Gasteiger partial charge in [0.2, 0.25) is 0 Å². The van der Waals surface area contributed by atoms with Crippen molar-refractivity contribution in [3.63, 3.8) is 0 Å². The van der Waals surface area contributed by atoms with Crippen molar-refractivity contribution in [1.29, 1.82) is 5.26 Å². The van der Waals surface area contributed by atoms with E-state index in [1.807, 2.05) is 0 Å². The molecule has 0 aliphatic carbocycles. The number of methoxy groups -OCH3 is 1. The zero-order valence-electron chi connectivity index (χ0n) is 11.1. The quantitative estimate of drug-likeness (QED) is 0.764. The maximum absolute atomic E-state index is 13.7. The van der Waals surface area contributed by atoms with Gasteiger partial charge in [-0.15, -0.1) is 0 Å². The number of halogens is 7. The Morgan fingerprint density at radius 1 is 1.09 bits per heavy atom. The summed E-state index contributed by atoms with van der Waals surface area (Å²) in [6.45, 7) is 0. The molecule has 1 aromatic rings. The summed E-state index contributed by atoms with van der Waals surface area (Å²) in [5.41, 5.74) is -5.57. The fourth-order valence-corrected chi connectivity index (χ4v) is 1.79. The summed E-state index contributed by atoms with van der Waals surface area (Å²) in [4.78, 5) is 0. The normalized spacial score (nSPS) is 14.5. The Labute approximate surface area is 121 Å². The molecule has 0 fully saturated rings. The van der Waals surface area contributed by atoms with Gasteiger partial charge in [-0.1, -0.05) is 12.1 Å². The Bertz CT molecular complexity index is 545. The highest BCUT2D eigenvalue weighted by molar-refractivity contribution is 5.34. The molecule has 0 heterocycles. The largest absolute Gasteiger partial charge is 0.431 e. The highest BCUT2D eigenvalue weighted by Gasteiger charge is 2.72. The molecule has 0 saturated heterocycles. The monoisotopic (exact) mass is 329 g/mol. The smallest absolute Gasteiger partial charge is 0.377 e. The second-order valence-corrected chi connectivity index (χ2v) is 4.46. The van der Waals surface area contributed by atoms with Gasteiger partial charge < -0.3 is 4.74 Å². The van der Waals surface area contributed by atoms with Crippen molar-refractivity contribution < 1.29 is 35.5 Å². The number of nitriles is 1. The first kappa shape index (κ1) is 18.2. The molecule has 1 atom stereocenters. The first-order chi connectivity index (χ1) is 9.96. The molecule has 0 amide bonds. The number of hydrogen-bond acceptors (Lipinski definition) is 2. The summed E-state index contributed by atoms with van der Waals surface area (Å²) >= 11 is 0. The third-order valence-electron chi connectivity index (χ3n) is 3.04. The van der Waals surface area contributed by atoms with Gasteiger partial charge in [0.15, 0.2) is 0 Å². The van der Waals surface area contributed by atoms with Gasteiger partial charge in [0.25, 0.3) is 0 Å². The van der Waals surface area contributed by atoms with Crippen molar-refractivity contribution in [2.75, 3.05) is 7.11 Å². The predicted molar refractivity (Wildman–Crippen MR) is 61.5 cm³/mol. The van der Waals surface area contributed by atoms with E-state index < -0.39 is 30.5 Å². The van der Waals surface area contributed by atoms with E-state index in [1.54, 1.807) is 6.07 Å². The van der Waals surface area contributed by atoms with Gasteiger partial charge in [-0.2, -0.15) is 31.6 Å². The van der Waals surface area contributed by atoms with Gasteiger partial charge in [-0.05, 0) is 17.7 Å². The summed E-state index contributed by atoms with van der Waals surface area (Å²) in [5.74, 6) is 0. The summed E-state index contributed by atoms with van der Waals surface area (Å²) < 4.78 is 93.6. The molecule has 2 nitrogen and oxygen atoms in total. The zero-order chi connectivity index (χ0) is 17.2. The van der Waals surface area contributed by atoms with Crippen LogP contribution in [0.4, 0.5) is 30.7 Å². The molecular formula is C13H10F7NO. The Balaban J connectivity index is 3.23. The van der Waals surface area contributed by atoms with E-state index in [-0.39, 0.29) is 11.1 Å². The minimum Gasteiger partial charge on any atom is -0.377 e. The van der Waals surface area contributed by atoms with Crippen molar-refractivity contribution in [2.24, 2.45) is 0 Å². The highest BCUT2D eigenvalue weighted by Crippen LogP contribution is 2.51. The number of benzene rings is 1. The Morgan fingerprint density at radius 2 is 1.64 bits per heavy atom. The van der Waals surface area contributed by atoms with E-state index in [0.717, 1.165) is 19.2 Å². The van der Waals surface area contributed by atoms with E-state index in [4.69, 9.17) is 5.26 Å².